The fraction of sp³-hybridized carbons (Fsp3) is 0.250. The van der Waals surface area contributed by atoms with Crippen molar-refractivity contribution < 1.29 is 14.4 Å². The van der Waals surface area contributed by atoms with E-state index in [1.165, 1.54) is 4.90 Å². The second-order valence-corrected chi connectivity index (χ2v) is 4.17. The minimum Gasteiger partial charge on any atom is -0.398 e. The first-order chi connectivity index (χ1) is 8.49. The fourth-order valence-corrected chi connectivity index (χ4v) is 1.82. The van der Waals surface area contributed by atoms with Gasteiger partial charge in [-0.25, -0.2) is 0 Å². The molecule has 0 atom stereocenters. The number of imide groups is 1. The molecular weight excluding hydrogens is 234 g/mol. The van der Waals surface area contributed by atoms with Crippen LogP contribution in [0.15, 0.2) is 18.2 Å². The van der Waals surface area contributed by atoms with Gasteiger partial charge < -0.3 is 10.6 Å². The highest BCUT2D eigenvalue weighted by atomic mass is 16.2. The summed E-state index contributed by atoms with van der Waals surface area (Å²) in [5.74, 6) is -1.36. The molecule has 3 amide bonds. The van der Waals surface area contributed by atoms with Gasteiger partial charge in [-0.15, -0.1) is 0 Å². The molecule has 1 aromatic rings. The molecule has 3 N–H and O–H groups in total. The summed E-state index contributed by atoms with van der Waals surface area (Å²) in [6.45, 7) is 1.54. The summed E-state index contributed by atoms with van der Waals surface area (Å²) >= 11 is 0. The van der Waals surface area contributed by atoms with Crippen molar-refractivity contribution in [2.75, 3.05) is 18.8 Å². The van der Waals surface area contributed by atoms with E-state index in [0.717, 1.165) is 5.56 Å². The van der Waals surface area contributed by atoms with Gasteiger partial charge in [-0.3, -0.25) is 19.7 Å². The van der Waals surface area contributed by atoms with E-state index in [4.69, 9.17) is 5.73 Å². The van der Waals surface area contributed by atoms with Crippen molar-refractivity contribution in [3.05, 3.63) is 29.3 Å². The summed E-state index contributed by atoms with van der Waals surface area (Å²) in [6, 6.07) is 5.09. The zero-order valence-electron chi connectivity index (χ0n) is 9.90. The van der Waals surface area contributed by atoms with Crippen LogP contribution in [0.1, 0.15) is 15.9 Å². The van der Waals surface area contributed by atoms with Crippen LogP contribution in [0.25, 0.3) is 0 Å². The number of benzene rings is 1. The Labute approximate surface area is 104 Å². The monoisotopic (exact) mass is 247 g/mol. The summed E-state index contributed by atoms with van der Waals surface area (Å²) in [6.07, 6.45) is 0. The van der Waals surface area contributed by atoms with Gasteiger partial charge in [0.25, 0.3) is 5.91 Å². The van der Waals surface area contributed by atoms with Crippen LogP contribution in [0.2, 0.25) is 0 Å². The number of carbonyl (C=O) groups is 3. The predicted molar refractivity (Wildman–Crippen MR) is 64.6 cm³/mol. The summed E-state index contributed by atoms with van der Waals surface area (Å²) in [4.78, 5) is 35.8. The Hall–Kier alpha value is -2.37. The predicted octanol–water partition coefficient (Wildman–Crippen LogP) is -0.324. The first-order valence-electron chi connectivity index (χ1n) is 5.46. The molecule has 1 saturated heterocycles. The smallest absolute Gasteiger partial charge is 0.256 e. The zero-order valence-corrected chi connectivity index (χ0v) is 9.90. The van der Waals surface area contributed by atoms with Crippen molar-refractivity contribution in [2.45, 2.75) is 6.92 Å². The van der Waals surface area contributed by atoms with Crippen molar-refractivity contribution in [2.24, 2.45) is 0 Å². The Morgan fingerprint density at radius 3 is 2.50 bits per heavy atom. The highest BCUT2D eigenvalue weighted by Crippen LogP contribution is 2.18. The van der Waals surface area contributed by atoms with Crippen LogP contribution >= 0.6 is 0 Å². The van der Waals surface area contributed by atoms with Crippen LogP contribution in [0.4, 0.5) is 5.69 Å². The lowest BCUT2D eigenvalue weighted by Gasteiger charge is -2.26. The SMILES string of the molecule is Cc1cccc(C(=O)N2CC(=O)NC(=O)C2)c1N. The van der Waals surface area contributed by atoms with Crippen LogP contribution in [0.3, 0.4) is 0 Å². The zero-order chi connectivity index (χ0) is 13.3. The standard InChI is InChI=1S/C12H13N3O3/c1-7-3-2-4-8(11(7)13)12(18)15-5-9(16)14-10(17)6-15/h2-4H,5-6,13H2,1H3,(H,14,16,17). The molecule has 1 fully saturated rings. The Balaban J connectivity index is 2.28. The molecule has 1 aliphatic heterocycles. The Kier molecular flexibility index (Phi) is 3.01. The molecule has 0 radical (unpaired) electrons. The third-order valence-electron chi connectivity index (χ3n) is 2.79. The number of rotatable bonds is 1. The maximum absolute atomic E-state index is 12.2. The second-order valence-electron chi connectivity index (χ2n) is 4.17. The van der Waals surface area contributed by atoms with Gasteiger partial charge in [-0.05, 0) is 18.6 Å². The molecule has 0 aliphatic carbocycles. The molecule has 0 saturated carbocycles. The quantitative estimate of drug-likeness (QED) is 0.525. The third kappa shape index (κ3) is 2.17. The molecule has 0 bridgehead atoms. The van der Waals surface area contributed by atoms with Crippen molar-refractivity contribution in [3.63, 3.8) is 0 Å². The summed E-state index contributed by atoms with van der Waals surface area (Å²) < 4.78 is 0. The molecule has 2 rings (SSSR count). The highest BCUT2D eigenvalue weighted by molar-refractivity contribution is 6.07. The van der Waals surface area contributed by atoms with Crippen molar-refractivity contribution in [1.82, 2.24) is 10.2 Å². The number of hydrogen-bond donors (Lipinski definition) is 2. The Bertz CT molecular complexity index is 523. The van der Waals surface area contributed by atoms with Crippen LogP contribution in [0, 0.1) is 6.92 Å². The Morgan fingerprint density at radius 1 is 1.28 bits per heavy atom. The maximum atomic E-state index is 12.2. The molecule has 1 aromatic carbocycles. The lowest BCUT2D eigenvalue weighted by atomic mass is 10.1. The number of nitrogens with zero attached hydrogens (tertiary/aromatic N) is 1. The van der Waals surface area contributed by atoms with Gasteiger partial charge in [0.1, 0.15) is 13.1 Å². The van der Waals surface area contributed by atoms with E-state index in [9.17, 15) is 14.4 Å². The lowest BCUT2D eigenvalue weighted by molar-refractivity contribution is -0.135. The van der Waals surface area contributed by atoms with E-state index in [0.29, 0.717) is 11.3 Å². The summed E-state index contributed by atoms with van der Waals surface area (Å²) in [5, 5.41) is 2.14. The fourth-order valence-electron chi connectivity index (χ4n) is 1.82. The number of piperazine rings is 1. The van der Waals surface area contributed by atoms with Crippen molar-refractivity contribution in [1.29, 1.82) is 0 Å². The van der Waals surface area contributed by atoms with Crippen LogP contribution in [-0.2, 0) is 9.59 Å². The topological polar surface area (TPSA) is 92.5 Å². The Morgan fingerprint density at radius 2 is 1.89 bits per heavy atom. The number of hydrogen-bond acceptors (Lipinski definition) is 4. The van der Waals surface area contributed by atoms with E-state index in [1.807, 2.05) is 0 Å². The average molecular weight is 247 g/mol. The van der Waals surface area contributed by atoms with Gasteiger partial charge in [-0.2, -0.15) is 0 Å². The molecule has 6 nitrogen and oxygen atoms in total. The van der Waals surface area contributed by atoms with Crippen molar-refractivity contribution >= 4 is 23.4 Å². The van der Waals surface area contributed by atoms with E-state index >= 15 is 0 Å². The number of nitrogens with one attached hydrogen (secondary N) is 1. The number of para-hydroxylation sites is 1. The van der Waals surface area contributed by atoms with Crippen molar-refractivity contribution in [3.8, 4) is 0 Å². The number of anilines is 1. The number of amides is 3. The first kappa shape index (κ1) is 12.1. The highest BCUT2D eigenvalue weighted by Gasteiger charge is 2.28. The van der Waals surface area contributed by atoms with Crippen LogP contribution < -0.4 is 11.1 Å². The molecule has 0 spiro atoms. The van der Waals surface area contributed by atoms with Crippen LogP contribution in [0.5, 0.6) is 0 Å². The third-order valence-corrected chi connectivity index (χ3v) is 2.79. The maximum Gasteiger partial charge on any atom is 0.256 e. The van der Waals surface area contributed by atoms with E-state index in [-0.39, 0.29) is 13.1 Å². The normalized spacial score (nSPS) is 15.5. The van der Waals surface area contributed by atoms with E-state index < -0.39 is 17.7 Å². The molecule has 6 heteroatoms. The van der Waals surface area contributed by atoms with Gasteiger partial charge in [0.2, 0.25) is 11.8 Å². The molecule has 0 aromatic heterocycles. The number of nitrogens with two attached hydrogens (primary N) is 1. The van der Waals surface area contributed by atoms with E-state index in [2.05, 4.69) is 5.32 Å². The summed E-state index contributed by atoms with van der Waals surface area (Å²) in [7, 11) is 0. The minimum absolute atomic E-state index is 0.127. The molecule has 1 aliphatic rings. The number of nitrogen functional groups attached to an aromatic ring is 1. The molecule has 18 heavy (non-hydrogen) atoms. The van der Waals surface area contributed by atoms with Gasteiger partial charge in [0, 0.05) is 5.69 Å². The van der Waals surface area contributed by atoms with Gasteiger partial charge in [0.15, 0.2) is 0 Å². The van der Waals surface area contributed by atoms with Gasteiger partial charge in [-0.1, -0.05) is 12.1 Å². The van der Waals surface area contributed by atoms with Crippen LogP contribution in [-0.4, -0.2) is 35.7 Å². The minimum atomic E-state index is -0.481. The first-order valence-corrected chi connectivity index (χ1v) is 5.46. The second kappa shape index (κ2) is 4.48. The number of aryl methyl sites for hydroxylation is 1. The largest absolute Gasteiger partial charge is 0.398 e. The molecule has 0 unspecified atom stereocenters. The lowest BCUT2D eigenvalue weighted by Crippen LogP contribution is -2.53. The van der Waals surface area contributed by atoms with Gasteiger partial charge >= 0.3 is 0 Å². The number of carbonyl (C=O) groups excluding carboxylic acids is 3. The molecule has 1 heterocycles. The van der Waals surface area contributed by atoms with E-state index in [1.54, 1.807) is 25.1 Å². The summed E-state index contributed by atoms with van der Waals surface area (Å²) in [5.41, 5.74) is 7.31. The molecule has 94 valence electrons. The average Bonchev–Trinajstić information content (AvgIpc) is 2.30. The molecular formula is C12H13N3O3. The van der Waals surface area contributed by atoms with Gasteiger partial charge in [0.05, 0.1) is 5.56 Å².